The molecular weight excluding hydrogens is 328 g/mol. The smallest absolute Gasteiger partial charge is 0.303 e. The Kier molecular flexibility index (Phi) is 25.0. The molecule has 0 heterocycles. The molecule has 0 bridgehead atoms. The van der Waals surface area contributed by atoms with Crippen LogP contribution in [0.5, 0.6) is 0 Å². The predicted octanol–water partition coefficient (Wildman–Crippen LogP) is 7.20. The van der Waals surface area contributed by atoms with Crippen molar-refractivity contribution in [2.45, 2.75) is 129 Å². The molecule has 0 rings (SSSR count). The molecule has 0 amide bonds. The monoisotopic (exact) mass is 372 g/mol. The Morgan fingerprint density at radius 3 is 0.923 bits per heavy atom. The summed E-state index contributed by atoms with van der Waals surface area (Å²) in [4.78, 5) is 20.3. The van der Waals surface area contributed by atoms with E-state index in [0.717, 1.165) is 25.7 Å². The van der Waals surface area contributed by atoms with E-state index in [2.05, 4.69) is 13.8 Å². The van der Waals surface area contributed by atoms with Crippen LogP contribution in [0.4, 0.5) is 0 Å². The molecule has 0 aromatic rings. The van der Waals surface area contributed by atoms with E-state index >= 15 is 0 Å². The molecule has 4 nitrogen and oxygen atoms in total. The molecule has 2 N–H and O–H groups in total. The molecule has 156 valence electrons. The third kappa shape index (κ3) is 30.8. The summed E-state index contributed by atoms with van der Waals surface area (Å²) in [6.45, 7) is 4.43. The Hall–Kier alpha value is -1.06. The van der Waals surface area contributed by atoms with Crippen molar-refractivity contribution < 1.29 is 19.8 Å². The zero-order chi connectivity index (χ0) is 19.9. The first kappa shape index (κ1) is 27.2. The second-order valence-corrected chi connectivity index (χ2v) is 7.24. The zero-order valence-corrected chi connectivity index (χ0v) is 17.4. The third-order valence-corrected chi connectivity index (χ3v) is 4.49. The summed E-state index contributed by atoms with van der Waals surface area (Å²) in [5, 5.41) is 16.8. The van der Waals surface area contributed by atoms with Crippen LogP contribution in [0.15, 0.2) is 0 Å². The van der Waals surface area contributed by atoms with Crippen LogP contribution < -0.4 is 0 Å². The fourth-order valence-corrected chi connectivity index (χ4v) is 2.82. The van der Waals surface area contributed by atoms with Gasteiger partial charge in [0.15, 0.2) is 0 Å². The van der Waals surface area contributed by atoms with E-state index in [0.29, 0.717) is 12.8 Å². The van der Waals surface area contributed by atoms with E-state index in [-0.39, 0.29) is 0 Å². The molecule has 4 heteroatoms. The molecule has 0 aromatic heterocycles. The highest BCUT2D eigenvalue weighted by atomic mass is 16.4. The van der Waals surface area contributed by atoms with Crippen molar-refractivity contribution in [2.24, 2.45) is 0 Å². The van der Waals surface area contributed by atoms with E-state index in [1.807, 2.05) is 0 Å². The zero-order valence-electron chi connectivity index (χ0n) is 17.4. The van der Waals surface area contributed by atoms with Gasteiger partial charge in [0.05, 0.1) is 0 Å². The van der Waals surface area contributed by atoms with Crippen molar-refractivity contribution in [3.63, 3.8) is 0 Å². The largest absolute Gasteiger partial charge is 0.481 e. The first-order valence-corrected chi connectivity index (χ1v) is 11.0. The Morgan fingerprint density at radius 2 is 0.692 bits per heavy atom. The fourth-order valence-electron chi connectivity index (χ4n) is 2.82. The quantitative estimate of drug-likeness (QED) is 0.249. The maximum atomic E-state index is 10.2. The molecule has 0 spiro atoms. The number of aliphatic carboxylic acids is 2. The first-order chi connectivity index (χ1) is 12.5. The topological polar surface area (TPSA) is 74.6 Å². The molecule has 0 radical (unpaired) electrons. The standard InChI is InChI=1S/2C11H22O2/c2*1-2-3-4-5-6-7-8-9-10-11(12)13/h2*2-10H2,1H3,(H,12,13). The number of carboxylic acids is 2. The third-order valence-electron chi connectivity index (χ3n) is 4.49. The number of rotatable bonds is 18. The van der Waals surface area contributed by atoms with Gasteiger partial charge in [-0.15, -0.1) is 0 Å². The van der Waals surface area contributed by atoms with Gasteiger partial charge >= 0.3 is 11.9 Å². The number of hydrogen-bond donors (Lipinski definition) is 2. The summed E-state index contributed by atoms with van der Waals surface area (Å²) in [6.07, 6.45) is 20.1. The lowest BCUT2D eigenvalue weighted by Gasteiger charge is -1.99. The molecule has 0 saturated carbocycles. The molecule has 0 saturated heterocycles. The number of unbranched alkanes of at least 4 members (excludes halogenated alkanes) is 14. The van der Waals surface area contributed by atoms with Crippen molar-refractivity contribution in [1.29, 1.82) is 0 Å². The van der Waals surface area contributed by atoms with Gasteiger partial charge in [-0.25, -0.2) is 0 Å². The van der Waals surface area contributed by atoms with Crippen molar-refractivity contribution in [2.75, 3.05) is 0 Å². The van der Waals surface area contributed by atoms with Gasteiger partial charge < -0.3 is 10.2 Å². The highest BCUT2D eigenvalue weighted by Crippen LogP contribution is 2.10. The summed E-state index contributed by atoms with van der Waals surface area (Å²) >= 11 is 0. The van der Waals surface area contributed by atoms with Crippen molar-refractivity contribution in [3.05, 3.63) is 0 Å². The van der Waals surface area contributed by atoms with E-state index in [4.69, 9.17) is 10.2 Å². The highest BCUT2D eigenvalue weighted by molar-refractivity contribution is 5.66. The normalized spacial score (nSPS) is 10.2. The Bertz CT molecular complexity index is 273. The first-order valence-electron chi connectivity index (χ1n) is 11.0. The highest BCUT2D eigenvalue weighted by Gasteiger charge is 1.97. The predicted molar refractivity (Wildman–Crippen MR) is 110 cm³/mol. The van der Waals surface area contributed by atoms with Crippen LogP contribution in [0.1, 0.15) is 129 Å². The van der Waals surface area contributed by atoms with Crippen molar-refractivity contribution in [1.82, 2.24) is 0 Å². The van der Waals surface area contributed by atoms with Crippen LogP contribution in [0.3, 0.4) is 0 Å². The molecule has 0 aliphatic carbocycles. The Balaban J connectivity index is 0. The molecule has 0 unspecified atom stereocenters. The molecule has 26 heavy (non-hydrogen) atoms. The molecule has 0 aromatic carbocycles. The van der Waals surface area contributed by atoms with Gasteiger partial charge in [-0.2, -0.15) is 0 Å². The van der Waals surface area contributed by atoms with Gasteiger partial charge in [-0.3, -0.25) is 9.59 Å². The van der Waals surface area contributed by atoms with Crippen LogP contribution in [0.25, 0.3) is 0 Å². The minimum absolute atomic E-state index is 0.342. The maximum absolute atomic E-state index is 10.2. The average Bonchev–Trinajstić information content (AvgIpc) is 2.60. The van der Waals surface area contributed by atoms with Gasteiger partial charge in [0.1, 0.15) is 0 Å². The number of carbonyl (C=O) groups is 2. The molecule has 0 aliphatic rings. The van der Waals surface area contributed by atoms with Crippen LogP contribution in [0, 0.1) is 0 Å². The summed E-state index contributed by atoms with van der Waals surface area (Å²) in [5.74, 6) is -1.32. The van der Waals surface area contributed by atoms with Crippen LogP contribution in [-0.2, 0) is 9.59 Å². The van der Waals surface area contributed by atoms with Crippen LogP contribution in [-0.4, -0.2) is 22.2 Å². The van der Waals surface area contributed by atoms with E-state index < -0.39 is 11.9 Å². The van der Waals surface area contributed by atoms with E-state index in [1.54, 1.807) is 0 Å². The second kappa shape index (κ2) is 23.9. The summed E-state index contributed by atoms with van der Waals surface area (Å²) < 4.78 is 0. The lowest BCUT2D eigenvalue weighted by Crippen LogP contribution is -1.93. The fraction of sp³-hybridized carbons (Fsp3) is 0.909. The molecular formula is C22H44O4. The van der Waals surface area contributed by atoms with Gasteiger partial charge in [0.25, 0.3) is 0 Å². The minimum atomic E-state index is -0.661. The van der Waals surface area contributed by atoms with Crippen molar-refractivity contribution in [3.8, 4) is 0 Å². The number of hydrogen-bond acceptors (Lipinski definition) is 2. The van der Waals surface area contributed by atoms with Crippen LogP contribution >= 0.6 is 0 Å². The Morgan fingerprint density at radius 1 is 0.462 bits per heavy atom. The average molecular weight is 373 g/mol. The second-order valence-electron chi connectivity index (χ2n) is 7.24. The van der Waals surface area contributed by atoms with Gasteiger partial charge in [-0.1, -0.05) is 104 Å². The lowest BCUT2D eigenvalue weighted by atomic mass is 10.1. The van der Waals surface area contributed by atoms with Gasteiger partial charge in [0, 0.05) is 12.8 Å². The number of carboxylic acid groups (broad SMARTS) is 2. The summed E-state index contributed by atoms with van der Waals surface area (Å²) in [5.41, 5.74) is 0. The van der Waals surface area contributed by atoms with E-state index in [1.165, 1.54) is 77.0 Å². The van der Waals surface area contributed by atoms with E-state index in [9.17, 15) is 9.59 Å². The van der Waals surface area contributed by atoms with Gasteiger partial charge in [-0.05, 0) is 12.8 Å². The molecule has 0 aliphatic heterocycles. The Labute approximate surface area is 161 Å². The summed E-state index contributed by atoms with van der Waals surface area (Å²) in [7, 11) is 0. The van der Waals surface area contributed by atoms with Crippen molar-refractivity contribution >= 4 is 11.9 Å². The molecule has 0 fully saturated rings. The molecule has 0 atom stereocenters. The lowest BCUT2D eigenvalue weighted by molar-refractivity contribution is -0.138. The minimum Gasteiger partial charge on any atom is -0.481 e. The maximum Gasteiger partial charge on any atom is 0.303 e. The summed E-state index contributed by atoms with van der Waals surface area (Å²) in [6, 6.07) is 0. The van der Waals surface area contributed by atoms with Crippen LogP contribution in [0.2, 0.25) is 0 Å². The SMILES string of the molecule is CCCCCCCCCCC(=O)O.CCCCCCCCCCC(=O)O. The van der Waals surface area contributed by atoms with Gasteiger partial charge in [0.2, 0.25) is 0 Å².